The summed E-state index contributed by atoms with van der Waals surface area (Å²) < 4.78 is 14.6. The van der Waals surface area contributed by atoms with Crippen LogP contribution in [0.15, 0.2) is 46.9 Å². The molecule has 0 aliphatic carbocycles. The van der Waals surface area contributed by atoms with Gasteiger partial charge in [0, 0.05) is 34.8 Å². The second-order valence-electron chi connectivity index (χ2n) is 4.69. The van der Waals surface area contributed by atoms with Crippen molar-refractivity contribution in [3.05, 3.63) is 74.0 Å². The lowest BCUT2D eigenvalue weighted by Gasteiger charge is -2.15. The Morgan fingerprint density at radius 3 is 2.57 bits per heavy atom. The van der Waals surface area contributed by atoms with Gasteiger partial charge in [-0.3, -0.25) is 10.1 Å². The van der Waals surface area contributed by atoms with Gasteiger partial charge >= 0.3 is 0 Å². The first-order valence-corrected chi connectivity index (χ1v) is 7.18. The van der Waals surface area contributed by atoms with E-state index in [1.807, 2.05) is 6.92 Å². The Labute approximate surface area is 130 Å². The minimum atomic E-state index is -0.434. The predicted octanol–water partition coefficient (Wildman–Crippen LogP) is 4.35. The molecule has 21 heavy (non-hydrogen) atoms. The third-order valence-corrected chi connectivity index (χ3v) is 3.68. The van der Waals surface area contributed by atoms with Crippen LogP contribution in [0.5, 0.6) is 0 Å². The van der Waals surface area contributed by atoms with E-state index in [9.17, 15) is 14.5 Å². The van der Waals surface area contributed by atoms with Crippen molar-refractivity contribution in [3.8, 4) is 0 Å². The average Bonchev–Trinajstić information content (AvgIpc) is 2.47. The first-order chi connectivity index (χ1) is 9.97. The summed E-state index contributed by atoms with van der Waals surface area (Å²) in [5.41, 5.74) is 1.54. The van der Waals surface area contributed by atoms with Gasteiger partial charge in [-0.1, -0.05) is 28.1 Å². The first-order valence-electron chi connectivity index (χ1n) is 6.39. The molecule has 0 radical (unpaired) electrons. The minimum Gasteiger partial charge on any atom is -0.306 e. The zero-order valence-corrected chi connectivity index (χ0v) is 12.9. The average molecular weight is 353 g/mol. The van der Waals surface area contributed by atoms with Gasteiger partial charge in [0.05, 0.1) is 4.92 Å². The second kappa shape index (κ2) is 6.78. The van der Waals surface area contributed by atoms with Crippen LogP contribution in [0.25, 0.3) is 0 Å². The molecular formula is C15H14BrFN2O2. The minimum absolute atomic E-state index is 0.0600. The van der Waals surface area contributed by atoms with Crippen LogP contribution < -0.4 is 5.32 Å². The largest absolute Gasteiger partial charge is 0.306 e. The van der Waals surface area contributed by atoms with Gasteiger partial charge in [-0.2, -0.15) is 0 Å². The fourth-order valence-corrected chi connectivity index (χ4v) is 2.34. The van der Waals surface area contributed by atoms with Crippen molar-refractivity contribution in [2.45, 2.75) is 19.5 Å². The number of hydrogen-bond donors (Lipinski definition) is 1. The molecule has 1 unspecified atom stereocenters. The van der Waals surface area contributed by atoms with E-state index in [1.54, 1.807) is 24.3 Å². The summed E-state index contributed by atoms with van der Waals surface area (Å²) in [6.45, 7) is 2.38. The molecule has 0 amide bonds. The summed E-state index contributed by atoms with van der Waals surface area (Å²) in [4.78, 5) is 10.1. The lowest BCUT2D eigenvalue weighted by Crippen LogP contribution is -2.19. The molecule has 0 bridgehead atoms. The molecule has 0 spiro atoms. The maximum atomic E-state index is 13.8. The smallest absolute Gasteiger partial charge is 0.269 e. The molecule has 0 aromatic heterocycles. The Hall–Kier alpha value is -1.79. The maximum absolute atomic E-state index is 13.8. The Morgan fingerprint density at radius 1 is 1.29 bits per heavy atom. The number of nitro benzene ring substituents is 1. The standard InChI is InChI=1S/C15H14BrFN2O2/c1-10(14-8-12(16)4-7-15(14)17)18-9-11-2-5-13(6-3-11)19(20)21/h2-8,10,18H,9H2,1H3. The Balaban J connectivity index is 2.02. The summed E-state index contributed by atoms with van der Waals surface area (Å²) in [6.07, 6.45) is 0. The monoisotopic (exact) mass is 352 g/mol. The van der Waals surface area contributed by atoms with Crippen molar-refractivity contribution in [3.63, 3.8) is 0 Å². The van der Waals surface area contributed by atoms with Gasteiger partial charge in [0.1, 0.15) is 5.82 Å². The fraction of sp³-hybridized carbons (Fsp3) is 0.200. The van der Waals surface area contributed by atoms with E-state index in [0.717, 1.165) is 10.0 Å². The molecule has 4 nitrogen and oxygen atoms in total. The molecule has 1 N–H and O–H groups in total. The lowest BCUT2D eigenvalue weighted by molar-refractivity contribution is -0.384. The summed E-state index contributed by atoms with van der Waals surface area (Å²) in [7, 11) is 0. The van der Waals surface area contributed by atoms with Gasteiger partial charge in [0.25, 0.3) is 5.69 Å². The quantitative estimate of drug-likeness (QED) is 0.642. The molecule has 0 saturated heterocycles. The summed E-state index contributed by atoms with van der Waals surface area (Å²) >= 11 is 3.32. The van der Waals surface area contributed by atoms with Crippen LogP contribution in [0.4, 0.5) is 10.1 Å². The SMILES string of the molecule is CC(NCc1ccc([N+](=O)[O-])cc1)c1cc(Br)ccc1F. The Kier molecular flexibility index (Phi) is 5.03. The molecule has 6 heteroatoms. The van der Waals surface area contributed by atoms with Crippen LogP contribution in [-0.2, 0) is 6.54 Å². The second-order valence-corrected chi connectivity index (χ2v) is 5.61. The normalized spacial score (nSPS) is 12.1. The van der Waals surface area contributed by atoms with Gasteiger partial charge in [0.2, 0.25) is 0 Å². The van der Waals surface area contributed by atoms with Crippen molar-refractivity contribution in [1.29, 1.82) is 0 Å². The van der Waals surface area contributed by atoms with Crippen LogP contribution in [-0.4, -0.2) is 4.92 Å². The third-order valence-electron chi connectivity index (χ3n) is 3.18. The highest BCUT2D eigenvalue weighted by Gasteiger charge is 2.11. The van der Waals surface area contributed by atoms with Crippen molar-refractivity contribution < 1.29 is 9.31 Å². The molecular weight excluding hydrogens is 339 g/mol. The number of hydrogen-bond acceptors (Lipinski definition) is 3. The van der Waals surface area contributed by atoms with Gasteiger partial charge in [-0.05, 0) is 30.7 Å². The van der Waals surface area contributed by atoms with Crippen molar-refractivity contribution in [2.24, 2.45) is 0 Å². The number of non-ortho nitro benzene ring substituents is 1. The number of benzene rings is 2. The van der Waals surface area contributed by atoms with Gasteiger partial charge < -0.3 is 5.32 Å². The first kappa shape index (κ1) is 15.6. The van der Waals surface area contributed by atoms with Gasteiger partial charge in [0.15, 0.2) is 0 Å². The molecule has 0 aliphatic heterocycles. The number of nitrogens with zero attached hydrogens (tertiary/aromatic N) is 1. The third kappa shape index (κ3) is 4.09. The lowest BCUT2D eigenvalue weighted by atomic mass is 10.1. The van der Waals surface area contributed by atoms with Crippen molar-refractivity contribution in [1.82, 2.24) is 5.32 Å². The molecule has 2 aromatic rings. The molecule has 1 atom stereocenters. The van der Waals surface area contributed by atoms with Gasteiger partial charge in [-0.25, -0.2) is 4.39 Å². The summed E-state index contributed by atoms with van der Waals surface area (Å²) in [5.74, 6) is -0.262. The Bertz CT molecular complexity index is 647. The predicted molar refractivity (Wildman–Crippen MR) is 82.5 cm³/mol. The zero-order chi connectivity index (χ0) is 15.4. The van der Waals surface area contributed by atoms with Crippen molar-refractivity contribution >= 4 is 21.6 Å². The molecule has 110 valence electrons. The zero-order valence-electron chi connectivity index (χ0n) is 11.3. The van der Waals surface area contributed by atoms with E-state index in [-0.39, 0.29) is 17.5 Å². The molecule has 0 saturated carbocycles. The fourth-order valence-electron chi connectivity index (χ4n) is 1.96. The van der Waals surface area contributed by atoms with Crippen LogP contribution in [0.3, 0.4) is 0 Å². The van der Waals surface area contributed by atoms with E-state index >= 15 is 0 Å². The highest BCUT2D eigenvalue weighted by molar-refractivity contribution is 9.10. The van der Waals surface area contributed by atoms with E-state index in [4.69, 9.17) is 0 Å². The summed E-state index contributed by atoms with van der Waals surface area (Å²) in [6, 6.07) is 10.9. The molecule has 2 rings (SSSR count). The molecule has 0 heterocycles. The van der Waals surface area contributed by atoms with Crippen molar-refractivity contribution in [2.75, 3.05) is 0 Å². The number of rotatable bonds is 5. The van der Waals surface area contributed by atoms with Gasteiger partial charge in [-0.15, -0.1) is 0 Å². The number of halogens is 2. The topological polar surface area (TPSA) is 55.2 Å². The molecule has 0 fully saturated rings. The van der Waals surface area contributed by atoms with E-state index in [2.05, 4.69) is 21.2 Å². The molecule has 2 aromatic carbocycles. The highest BCUT2D eigenvalue weighted by Crippen LogP contribution is 2.22. The molecule has 0 aliphatic rings. The summed E-state index contributed by atoms with van der Waals surface area (Å²) in [5, 5.41) is 13.8. The van der Waals surface area contributed by atoms with E-state index in [0.29, 0.717) is 12.1 Å². The van der Waals surface area contributed by atoms with Crippen LogP contribution in [0.1, 0.15) is 24.1 Å². The van der Waals surface area contributed by atoms with E-state index in [1.165, 1.54) is 18.2 Å². The highest BCUT2D eigenvalue weighted by atomic mass is 79.9. The number of nitro groups is 1. The maximum Gasteiger partial charge on any atom is 0.269 e. The Morgan fingerprint density at radius 2 is 1.95 bits per heavy atom. The van der Waals surface area contributed by atoms with Crippen LogP contribution in [0.2, 0.25) is 0 Å². The van der Waals surface area contributed by atoms with Crippen LogP contribution in [0, 0.1) is 15.9 Å². The number of nitrogens with one attached hydrogen (secondary N) is 1. The van der Waals surface area contributed by atoms with Crippen LogP contribution >= 0.6 is 15.9 Å². The van der Waals surface area contributed by atoms with E-state index < -0.39 is 4.92 Å².